The van der Waals surface area contributed by atoms with Crippen molar-refractivity contribution in [3.63, 3.8) is 0 Å². The second-order valence-electron chi connectivity index (χ2n) is 6.60. The number of para-hydroxylation sites is 2. The van der Waals surface area contributed by atoms with Gasteiger partial charge in [-0.2, -0.15) is 0 Å². The van der Waals surface area contributed by atoms with E-state index in [1.165, 1.54) is 0 Å². The first-order valence-electron chi connectivity index (χ1n) is 9.01. The number of aldehydes is 1. The third-order valence-corrected chi connectivity index (χ3v) is 4.62. The van der Waals surface area contributed by atoms with Gasteiger partial charge in [0.1, 0.15) is 6.29 Å². The molecule has 2 unspecified atom stereocenters. The molecule has 5 nitrogen and oxygen atoms in total. The monoisotopic (exact) mass is 374 g/mol. The molecule has 3 rings (SSSR count). The second-order valence-corrected chi connectivity index (χ2v) is 6.60. The number of hydrogen-bond acceptors (Lipinski definition) is 4. The summed E-state index contributed by atoms with van der Waals surface area (Å²) >= 11 is 0. The van der Waals surface area contributed by atoms with Crippen molar-refractivity contribution in [2.45, 2.75) is 12.5 Å². The van der Waals surface area contributed by atoms with E-state index in [2.05, 4.69) is 5.32 Å². The Bertz CT molecular complexity index is 940. The van der Waals surface area contributed by atoms with E-state index >= 15 is 0 Å². The van der Waals surface area contributed by atoms with Gasteiger partial charge in [0, 0.05) is 11.5 Å². The summed E-state index contributed by atoms with van der Waals surface area (Å²) in [5.74, 6) is -0.827. The maximum atomic E-state index is 12.4. The predicted molar refractivity (Wildman–Crippen MR) is 110 cm³/mol. The molecule has 5 heteroatoms. The number of nitrogens with one attached hydrogen (secondary N) is 1. The SMILES string of the molecule is Nc1ccccc1NC(=O)c1ccc(CC(C=O)C(O)c2ccccc2)cc1. The van der Waals surface area contributed by atoms with E-state index in [1.807, 2.05) is 18.2 Å². The van der Waals surface area contributed by atoms with E-state index < -0.39 is 12.0 Å². The highest BCUT2D eigenvalue weighted by molar-refractivity contribution is 6.05. The molecular formula is C23H22N2O3. The van der Waals surface area contributed by atoms with Crippen LogP contribution >= 0.6 is 0 Å². The van der Waals surface area contributed by atoms with Crippen LogP contribution in [-0.2, 0) is 11.2 Å². The topological polar surface area (TPSA) is 92.4 Å². The Balaban J connectivity index is 1.67. The predicted octanol–water partition coefficient (Wildman–Crippen LogP) is 3.61. The normalized spacial score (nSPS) is 12.8. The summed E-state index contributed by atoms with van der Waals surface area (Å²) in [5, 5.41) is 13.2. The number of amides is 1. The van der Waals surface area contributed by atoms with E-state index in [4.69, 9.17) is 5.73 Å². The first kappa shape index (κ1) is 19.3. The largest absolute Gasteiger partial charge is 0.397 e. The molecule has 0 heterocycles. The zero-order valence-electron chi connectivity index (χ0n) is 15.3. The minimum Gasteiger partial charge on any atom is -0.397 e. The quantitative estimate of drug-likeness (QED) is 0.435. The van der Waals surface area contributed by atoms with Crippen molar-refractivity contribution < 1.29 is 14.7 Å². The molecule has 0 aliphatic heterocycles. The number of nitrogen functional groups attached to an aromatic ring is 1. The van der Waals surface area contributed by atoms with Gasteiger partial charge in [0.25, 0.3) is 5.91 Å². The fraction of sp³-hybridized carbons (Fsp3) is 0.130. The number of aliphatic hydroxyl groups is 1. The molecule has 0 aromatic heterocycles. The van der Waals surface area contributed by atoms with Gasteiger partial charge in [-0.3, -0.25) is 4.79 Å². The minimum atomic E-state index is -0.872. The standard InChI is InChI=1S/C23H22N2O3/c24-20-8-4-5-9-21(20)25-23(28)18-12-10-16(11-13-18)14-19(15-26)22(27)17-6-2-1-3-7-17/h1-13,15,19,22,27H,14,24H2,(H,25,28). The van der Waals surface area contributed by atoms with Crippen LogP contribution in [0.25, 0.3) is 0 Å². The van der Waals surface area contributed by atoms with Crippen LogP contribution in [0.3, 0.4) is 0 Å². The van der Waals surface area contributed by atoms with Crippen molar-refractivity contribution in [3.05, 3.63) is 95.6 Å². The van der Waals surface area contributed by atoms with Gasteiger partial charge in [0.05, 0.1) is 17.5 Å². The number of aliphatic hydroxyl groups excluding tert-OH is 1. The Hall–Kier alpha value is -3.44. The Labute approximate surface area is 163 Å². The molecule has 0 saturated heterocycles. The molecule has 0 aliphatic rings. The van der Waals surface area contributed by atoms with Gasteiger partial charge in [-0.1, -0.05) is 54.6 Å². The summed E-state index contributed by atoms with van der Waals surface area (Å²) in [6.45, 7) is 0. The first-order valence-corrected chi connectivity index (χ1v) is 9.01. The molecule has 0 saturated carbocycles. The van der Waals surface area contributed by atoms with Gasteiger partial charge in [-0.25, -0.2) is 0 Å². The maximum Gasteiger partial charge on any atom is 0.255 e. The van der Waals surface area contributed by atoms with Gasteiger partial charge in [-0.05, 0) is 41.8 Å². The number of carbonyl (C=O) groups excluding carboxylic acids is 2. The Morgan fingerprint density at radius 3 is 2.25 bits per heavy atom. The molecular weight excluding hydrogens is 352 g/mol. The highest BCUT2D eigenvalue weighted by Crippen LogP contribution is 2.24. The number of rotatable bonds is 7. The summed E-state index contributed by atoms with van der Waals surface area (Å²) in [6, 6.07) is 23.1. The number of nitrogens with two attached hydrogens (primary N) is 1. The van der Waals surface area contributed by atoms with E-state index in [-0.39, 0.29) is 5.91 Å². The Kier molecular flexibility index (Phi) is 6.19. The summed E-state index contributed by atoms with van der Waals surface area (Å²) in [6.07, 6.45) is 0.284. The zero-order chi connectivity index (χ0) is 19.9. The van der Waals surface area contributed by atoms with Crippen LogP contribution in [0.2, 0.25) is 0 Å². The van der Waals surface area contributed by atoms with Gasteiger partial charge in [-0.15, -0.1) is 0 Å². The molecule has 28 heavy (non-hydrogen) atoms. The summed E-state index contributed by atoms with van der Waals surface area (Å²) in [7, 11) is 0. The third-order valence-electron chi connectivity index (χ3n) is 4.62. The number of benzene rings is 3. The molecule has 1 amide bonds. The van der Waals surface area contributed by atoms with Crippen LogP contribution in [0.1, 0.15) is 27.6 Å². The summed E-state index contributed by atoms with van der Waals surface area (Å²) in [5.41, 5.74) is 8.95. The molecule has 0 radical (unpaired) electrons. The highest BCUT2D eigenvalue weighted by atomic mass is 16.3. The molecule has 0 spiro atoms. The van der Waals surface area contributed by atoms with Gasteiger partial charge in [0.2, 0.25) is 0 Å². The van der Waals surface area contributed by atoms with Crippen molar-refractivity contribution in [2.24, 2.45) is 5.92 Å². The molecule has 0 aliphatic carbocycles. The van der Waals surface area contributed by atoms with Crippen LogP contribution < -0.4 is 11.1 Å². The van der Waals surface area contributed by atoms with Crippen molar-refractivity contribution in [1.82, 2.24) is 0 Å². The fourth-order valence-corrected chi connectivity index (χ4v) is 3.00. The van der Waals surface area contributed by atoms with Crippen molar-refractivity contribution >= 4 is 23.6 Å². The molecule has 0 fully saturated rings. The average Bonchev–Trinajstić information content (AvgIpc) is 2.74. The smallest absolute Gasteiger partial charge is 0.255 e. The van der Waals surface area contributed by atoms with E-state index in [1.54, 1.807) is 60.7 Å². The van der Waals surface area contributed by atoms with Gasteiger partial charge in [0.15, 0.2) is 0 Å². The van der Waals surface area contributed by atoms with E-state index in [0.29, 0.717) is 28.9 Å². The van der Waals surface area contributed by atoms with Crippen molar-refractivity contribution in [1.29, 1.82) is 0 Å². The highest BCUT2D eigenvalue weighted by Gasteiger charge is 2.21. The fourth-order valence-electron chi connectivity index (χ4n) is 3.00. The summed E-state index contributed by atoms with van der Waals surface area (Å²) in [4.78, 5) is 23.9. The molecule has 0 bridgehead atoms. The molecule has 2 atom stereocenters. The molecule has 142 valence electrons. The lowest BCUT2D eigenvalue weighted by Crippen LogP contribution is -2.17. The van der Waals surface area contributed by atoms with Crippen molar-refractivity contribution in [2.75, 3.05) is 11.1 Å². The third kappa shape index (κ3) is 4.64. The van der Waals surface area contributed by atoms with Crippen LogP contribution in [0, 0.1) is 5.92 Å². The zero-order valence-corrected chi connectivity index (χ0v) is 15.3. The molecule has 3 aromatic carbocycles. The lowest BCUT2D eigenvalue weighted by molar-refractivity contribution is -0.114. The van der Waals surface area contributed by atoms with E-state index in [0.717, 1.165) is 11.8 Å². The van der Waals surface area contributed by atoms with Crippen LogP contribution in [0.4, 0.5) is 11.4 Å². The lowest BCUT2D eigenvalue weighted by atomic mass is 9.90. The van der Waals surface area contributed by atoms with Gasteiger partial charge >= 0.3 is 0 Å². The van der Waals surface area contributed by atoms with Gasteiger partial charge < -0.3 is 21.0 Å². The maximum absolute atomic E-state index is 12.4. The van der Waals surface area contributed by atoms with Crippen molar-refractivity contribution in [3.8, 4) is 0 Å². The molecule has 4 N–H and O–H groups in total. The number of carbonyl (C=O) groups is 2. The number of anilines is 2. The molecule has 3 aromatic rings. The second kappa shape index (κ2) is 8.97. The van der Waals surface area contributed by atoms with E-state index in [9.17, 15) is 14.7 Å². The van der Waals surface area contributed by atoms with Crippen LogP contribution in [0.5, 0.6) is 0 Å². The lowest BCUT2D eigenvalue weighted by Gasteiger charge is -2.18. The summed E-state index contributed by atoms with van der Waals surface area (Å²) < 4.78 is 0. The first-order chi connectivity index (χ1) is 13.6. The minimum absolute atomic E-state index is 0.263. The van der Waals surface area contributed by atoms with Crippen LogP contribution in [0.15, 0.2) is 78.9 Å². The Morgan fingerprint density at radius 2 is 1.61 bits per heavy atom. The average molecular weight is 374 g/mol. The number of hydrogen-bond donors (Lipinski definition) is 3. The Morgan fingerprint density at radius 1 is 0.964 bits per heavy atom. The van der Waals surface area contributed by atoms with Crippen LogP contribution in [-0.4, -0.2) is 17.3 Å².